The summed E-state index contributed by atoms with van der Waals surface area (Å²) in [6.07, 6.45) is 3.68. The summed E-state index contributed by atoms with van der Waals surface area (Å²) in [5.41, 5.74) is 0. The number of rotatable bonds is 10. The predicted molar refractivity (Wildman–Crippen MR) is 122 cm³/mol. The van der Waals surface area contributed by atoms with Crippen LogP contribution in [0.1, 0.15) is 10.0 Å². The molecule has 2 heterocycles. The van der Waals surface area contributed by atoms with Crippen LogP contribution in [0.3, 0.4) is 0 Å². The lowest BCUT2D eigenvalue weighted by molar-refractivity contribution is 0.858. The zero-order chi connectivity index (χ0) is 15.5. The molecule has 0 radical (unpaired) electrons. The second-order valence-corrected chi connectivity index (χ2v) is 8.35. The lowest BCUT2D eigenvalue weighted by Gasteiger charge is -2.09. The van der Waals surface area contributed by atoms with Gasteiger partial charge in [0.05, 0.1) is 0 Å². The van der Waals surface area contributed by atoms with Gasteiger partial charge < -0.3 is 10.6 Å². The molecule has 2 aromatic heterocycles. The first-order valence-electron chi connectivity index (χ1n) is 6.83. The maximum atomic E-state index is 7.78. The van der Waals surface area contributed by atoms with Gasteiger partial charge in [0.1, 0.15) is 10.0 Å². The number of guanidine groups is 1. The Balaban J connectivity index is 0. The van der Waals surface area contributed by atoms with E-state index in [4.69, 9.17) is 5.41 Å². The van der Waals surface area contributed by atoms with Gasteiger partial charge in [-0.2, -0.15) is 23.5 Å². The Morgan fingerprint density at radius 2 is 1.32 bits per heavy atom. The van der Waals surface area contributed by atoms with Crippen LogP contribution in [0.2, 0.25) is 0 Å². The molecule has 5 nitrogen and oxygen atoms in total. The van der Waals surface area contributed by atoms with Crippen molar-refractivity contribution in [1.82, 2.24) is 20.6 Å². The van der Waals surface area contributed by atoms with Gasteiger partial charge in [0.2, 0.25) is 0 Å². The molecule has 3 N–H and O–H groups in total. The van der Waals surface area contributed by atoms with Gasteiger partial charge in [-0.1, -0.05) is 0 Å². The summed E-state index contributed by atoms with van der Waals surface area (Å²) in [5.74, 6) is 4.26. The summed E-state index contributed by atoms with van der Waals surface area (Å²) >= 11 is 7.05. The fraction of sp³-hybridized carbons (Fsp3) is 0.462. The third-order valence-electron chi connectivity index (χ3n) is 2.51. The van der Waals surface area contributed by atoms with Crippen LogP contribution in [-0.2, 0) is 11.5 Å². The fourth-order valence-corrected chi connectivity index (χ4v) is 4.65. The third kappa shape index (κ3) is 13.0. The molecule has 2 aromatic rings. The Kier molecular flexibility index (Phi) is 19.1. The van der Waals surface area contributed by atoms with E-state index in [1.54, 1.807) is 22.7 Å². The van der Waals surface area contributed by atoms with Gasteiger partial charge in [-0.25, -0.2) is 9.97 Å². The lowest BCUT2D eigenvalue weighted by atomic mass is 10.7. The van der Waals surface area contributed by atoms with E-state index in [2.05, 4.69) is 20.6 Å². The van der Waals surface area contributed by atoms with Crippen LogP contribution in [0.25, 0.3) is 0 Å². The van der Waals surface area contributed by atoms with Gasteiger partial charge >= 0.3 is 0 Å². The van der Waals surface area contributed by atoms with Crippen molar-refractivity contribution in [3.63, 3.8) is 0 Å². The van der Waals surface area contributed by atoms with Crippen molar-refractivity contribution in [1.29, 1.82) is 5.41 Å². The Hall–Kier alpha value is 0.1000. The second-order valence-electron chi connectivity index (χ2n) is 4.19. The van der Waals surface area contributed by atoms with E-state index in [9.17, 15) is 0 Å². The van der Waals surface area contributed by atoms with E-state index in [-0.39, 0.29) is 37.2 Å². The van der Waals surface area contributed by atoms with Crippen LogP contribution >= 0.6 is 83.4 Å². The molecule has 0 aliphatic heterocycles. The van der Waals surface area contributed by atoms with Crippen LogP contribution in [0.5, 0.6) is 0 Å². The van der Waals surface area contributed by atoms with Gasteiger partial charge in [0.15, 0.2) is 5.96 Å². The van der Waals surface area contributed by atoms with E-state index in [0.29, 0.717) is 5.96 Å². The highest BCUT2D eigenvalue weighted by atomic mass is 35.5. The minimum atomic E-state index is 0. The van der Waals surface area contributed by atoms with Crippen LogP contribution in [-0.4, -0.2) is 40.5 Å². The molecule has 0 atom stereocenters. The number of halogens is 3. The van der Waals surface area contributed by atoms with E-state index in [1.165, 1.54) is 0 Å². The number of thiazole rings is 2. The molecule has 0 fully saturated rings. The maximum Gasteiger partial charge on any atom is 0.188 e. The molecule has 0 aliphatic carbocycles. The first-order valence-corrected chi connectivity index (χ1v) is 10.9. The Labute approximate surface area is 183 Å². The SMILES string of the molecule is Cl.Cl.Cl.N=C(NCCSCc1nccs1)NCCSCc1nccs1. The third-order valence-corrected chi connectivity index (χ3v) is 6.38. The predicted octanol–water partition coefficient (Wildman–Crippen LogP) is 4.15. The van der Waals surface area contributed by atoms with E-state index in [1.807, 2.05) is 46.7 Å². The van der Waals surface area contributed by atoms with Gasteiger partial charge in [-0.15, -0.1) is 59.9 Å². The van der Waals surface area contributed by atoms with Crippen LogP contribution < -0.4 is 10.6 Å². The molecular weight excluding hydrogens is 461 g/mol. The zero-order valence-electron chi connectivity index (χ0n) is 13.3. The molecule has 0 aromatic carbocycles. The number of aromatic nitrogens is 2. The standard InChI is InChI=1S/C13H19N5S4.3ClH/c14-13(17-1-5-19-9-11-15-3-7-21-11)18-2-6-20-10-12-16-4-8-22-12;;;/h3-4,7-8H,1-2,5-6,9-10H2,(H3,14,17,18);3*1H. The molecule has 0 unspecified atom stereocenters. The molecule has 0 saturated heterocycles. The molecule has 2 rings (SSSR count). The Morgan fingerprint density at radius 3 is 1.68 bits per heavy atom. The summed E-state index contributed by atoms with van der Waals surface area (Å²) < 4.78 is 0. The number of hydrogen-bond donors (Lipinski definition) is 3. The highest BCUT2D eigenvalue weighted by molar-refractivity contribution is 7.98. The topological polar surface area (TPSA) is 73.7 Å². The van der Waals surface area contributed by atoms with Gasteiger partial charge in [0.25, 0.3) is 0 Å². The van der Waals surface area contributed by atoms with Crippen molar-refractivity contribution in [2.45, 2.75) is 11.5 Å². The fourth-order valence-electron chi connectivity index (χ4n) is 1.53. The van der Waals surface area contributed by atoms with E-state index >= 15 is 0 Å². The minimum Gasteiger partial charge on any atom is -0.356 e. The molecule has 0 saturated carbocycles. The zero-order valence-corrected chi connectivity index (χ0v) is 19.0. The van der Waals surface area contributed by atoms with Crippen molar-refractivity contribution in [3.8, 4) is 0 Å². The summed E-state index contributed by atoms with van der Waals surface area (Å²) in [5, 5.41) is 20.3. The summed E-state index contributed by atoms with van der Waals surface area (Å²) in [7, 11) is 0. The second kappa shape index (κ2) is 17.5. The van der Waals surface area contributed by atoms with Gasteiger partial charge in [-0.05, 0) is 0 Å². The maximum absolute atomic E-state index is 7.78. The lowest BCUT2D eigenvalue weighted by Crippen LogP contribution is -2.38. The normalized spacial score (nSPS) is 9.28. The number of thioether (sulfide) groups is 2. The first kappa shape index (κ1) is 27.3. The molecule has 0 bridgehead atoms. The molecule has 144 valence electrons. The van der Waals surface area contributed by atoms with E-state index in [0.717, 1.165) is 46.1 Å². The average Bonchev–Trinajstić information content (AvgIpc) is 3.19. The quantitative estimate of drug-likeness (QED) is 0.268. The van der Waals surface area contributed by atoms with Crippen molar-refractivity contribution >= 4 is 89.4 Å². The molecule has 25 heavy (non-hydrogen) atoms. The molecule has 12 heteroatoms. The van der Waals surface area contributed by atoms with Gasteiger partial charge in [0, 0.05) is 59.3 Å². The molecular formula is C13H22Cl3N5S4. The monoisotopic (exact) mass is 481 g/mol. The van der Waals surface area contributed by atoms with Crippen LogP contribution in [0, 0.1) is 5.41 Å². The molecule has 0 spiro atoms. The van der Waals surface area contributed by atoms with Crippen molar-refractivity contribution in [3.05, 3.63) is 33.2 Å². The molecule has 0 amide bonds. The highest BCUT2D eigenvalue weighted by Crippen LogP contribution is 2.14. The number of nitrogens with one attached hydrogen (secondary N) is 3. The average molecular weight is 483 g/mol. The van der Waals surface area contributed by atoms with E-state index < -0.39 is 0 Å². The van der Waals surface area contributed by atoms with Gasteiger partial charge in [-0.3, -0.25) is 5.41 Å². The van der Waals surface area contributed by atoms with Crippen molar-refractivity contribution < 1.29 is 0 Å². The van der Waals surface area contributed by atoms with Crippen LogP contribution in [0.15, 0.2) is 23.2 Å². The Morgan fingerprint density at radius 1 is 0.880 bits per heavy atom. The van der Waals surface area contributed by atoms with Crippen LogP contribution in [0.4, 0.5) is 0 Å². The Bertz CT molecular complexity index is 482. The summed E-state index contributed by atoms with van der Waals surface area (Å²) in [4.78, 5) is 8.48. The summed E-state index contributed by atoms with van der Waals surface area (Å²) in [6.45, 7) is 1.60. The van der Waals surface area contributed by atoms with Crippen molar-refractivity contribution in [2.24, 2.45) is 0 Å². The summed E-state index contributed by atoms with van der Waals surface area (Å²) in [6, 6.07) is 0. The number of nitrogens with zero attached hydrogens (tertiary/aromatic N) is 2. The number of hydrogen-bond acceptors (Lipinski definition) is 7. The first-order chi connectivity index (χ1) is 10.8. The minimum absolute atomic E-state index is 0. The molecule has 0 aliphatic rings. The highest BCUT2D eigenvalue weighted by Gasteiger charge is 1.99. The smallest absolute Gasteiger partial charge is 0.188 e. The largest absolute Gasteiger partial charge is 0.356 e. The van der Waals surface area contributed by atoms with Crippen molar-refractivity contribution in [2.75, 3.05) is 24.6 Å².